The van der Waals surface area contributed by atoms with Crippen LogP contribution in [0, 0.1) is 6.92 Å². The summed E-state index contributed by atoms with van der Waals surface area (Å²) >= 11 is 3.46. The number of carbonyl (C=O) groups excluding carboxylic acids is 1. The van der Waals surface area contributed by atoms with Crippen LogP contribution >= 0.6 is 22.7 Å². The molecule has 0 radical (unpaired) electrons. The van der Waals surface area contributed by atoms with E-state index in [4.69, 9.17) is 0 Å². The number of aryl methyl sites for hydroxylation is 1. The highest BCUT2D eigenvalue weighted by Gasteiger charge is 2.34. The maximum atomic E-state index is 12.6. The highest BCUT2D eigenvalue weighted by atomic mass is 32.1. The number of fused-ring (bicyclic) bond motifs is 3. The second-order valence-corrected chi connectivity index (χ2v) is 7.91. The normalized spacial score (nSPS) is 24.0. The first kappa shape index (κ1) is 13.3. The standard InChI is InChI=1S/C15H17N3OS2/c1-8-4-6-20-12(8)13-16-14(19)11-9-3-5-18(2)7-10(9)21-15(11)17-13/h4,6,13,17H,3,5,7H2,1-2H3,(H,16,19)/p+1/t13-/m1/s1. The second kappa shape index (κ2) is 4.83. The first-order valence-corrected chi connectivity index (χ1v) is 8.90. The van der Waals surface area contributed by atoms with Crippen LogP contribution in [0.4, 0.5) is 5.00 Å². The fraction of sp³-hybridized carbons (Fsp3) is 0.400. The fourth-order valence-electron chi connectivity index (χ4n) is 3.14. The SMILES string of the molecule is Cc1ccsc1[C@@H]1NC(=O)c2c(sc3c2CC[NH+](C)C3)N1. The quantitative estimate of drug-likeness (QED) is 0.746. The zero-order valence-electron chi connectivity index (χ0n) is 12.1. The van der Waals surface area contributed by atoms with E-state index in [0.717, 1.165) is 30.1 Å². The van der Waals surface area contributed by atoms with Crippen molar-refractivity contribution >= 4 is 33.6 Å². The molecule has 4 rings (SSSR count). The number of anilines is 1. The molecule has 1 unspecified atom stereocenters. The summed E-state index contributed by atoms with van der Waals surface area (Å²) in [5.74, 6) is 0.0820. The molecule has 2 aliphatic heterocycles. The molecule has 110 valence electrons. The van der Waals surface area contributed by atoms with Gasteiger partial charge in [-0.3, -0.25) is 4.79 Å². The third-order valence-corrected chi connectivity index (χ3v) is 6.54. The van der Waals surface area contributed by atoms with Gasteiger partial charge in [0.2, 0.25) is 0 Å². The van der Waals surface area contributed by atoms with E-state index in [0.29, 0.717) is 0 Å². The van der Waals surface area contributed by atoms with Crippen LogP contribution in [0.15, 0.2) is 11.4 Å². The van der Waals surface area contributed by atoms with Crippen LogP contribution in [-0.2, 0) is 13.0 Å². The van der Waals surface area contributed by atoms with Crippen molar-refractivity contribution in [3.8, 4) is 0 Å². The van der Waals surface area contributed by atoms with Crippen molar-refractivity contribution in [3.05, 3.63) is 37.9 Å². The summed E-state index contributed by atoms with van der Waals surface area (Å²) < 4.78 is 0. The number of hydrogen-bond donors (Lipinski definition) is 3. The molecule has 2 atom stereocenters. The number of carbonyl (C=O) groups is 1. The van der Waals surface area contributed by atoms with Gasteiger partial charge in [0.1, 0.15) is 17.7 Å². The van der Waals surface area contributed by atoms with E-state index in [1.165, 1.54) is 25.8 Å². The Balaban J connectivity index is 1.73. The summed E-state index contributed by atoms with van der Waals surface area (Å²) in [6, 6.07) is 2.10. The van der Waals surface area contributed by atoms with Gasteiger partial charge in [-0.1, -0.05) is 0 Å². The van der Waals surface area contributed by atoms with E-state index >= 15 is 0 Å². The third kappa shape index (κ3) is 2.09. The van der Waals surface area contributed by atoms with Crippen LogP contribution in [0.25, 0.3) is 0 Å². The molecule has 1 amide bonds. The predicted molar refractivity (Wildman–Crippen MR) is 86.4 cm³/mol. The minimum absolute atomic E-state index is 0.0820. The molecule has 0 aromatic carbocycles. The third-order valence-electron chi connectivity index (χ3n) is 4.30. The van der Waals surface area contributed by atoms with Gasteiger partial charge in [-0.2, -0.15) is 0 Å². The average molecular weight is 320 g/mol. The van der Waals surface area contributed by atoms with Gasteiger partial charge in [0.15, 0.2) is 0 Å². The summed E-state index contributed by atoms with van der Waals surface area (Å²) in [5.41, 5.74) is 3.40. The molecular weight excluding hydrogens is 302 g/mol. The van der Waals surface area contributed by atoms with Gasteiger partial charge in [-0.05, 0) is 29.5 Å². The molecule has 0 spiro atoms. The molecule has 0 bridgehead atoms. The summed E-state index contributed by atoms with van der Waals surface area (Å²) in [6.07, 6.45) is 0.917. The zero-order chi connectivity index (χ0) is 14.6. The fourth-order valence-corrected chi connectivity index (χ4v) is 5.46. The molecule has 21 heavy (non-hydrogen) atoms. The highest BCUT2D eigenvalue weighted by molar-refractivity contribution is 7.16. The minimum atomic E-state index is -0.0878. The van der Waals surface area contributed by atoms with E-state index in [1.807, 2.05) is 0 Å². The highest BCUT2D eigenvalue weighted by Crippen LogP contribution is 2.40. The Hall–Kier alpha value is -1.37. The van der Waals surface area contributed by atoms with Crippen molar-refractivity contribution in [2.45, 2.75) is 26.1 Å². The summed E-state index contributed by atoms with van der Waals surface area (Å²) in [4.78, 5) is 16.7. The van der Waals surface area contributed by atoms with E-state index < -0.39 is 0 Å². The van der Waals surface area contributed by atoms with Gasteiger partial charge < -0.3 is 15.5 Å². The number of hydrogen-bond acceptors (Lipinski definition) is 4. The Bertz CT molecular complexity index is 719. The van der Waals surface area contributed by atoms with Crippen molar-refractivity contribution < 1.29 is 9.69 Å². The number of quaternary nitrogens is 1. The Morgan fingerprint density at radius 1 is 1.38 bits per heavy atom. The maximum absolute atomic E-state index is 12.6. The smallest absolute Gasteiger partial charge is 0.256 e. The molecule has 2 aliphatic rings. The second-order valence-electron chi connectivity index (χ2n) is 5.86. The Morgan fingerprint density at radius 3 is 3.00 bits per heavy atom. The van der Waals surface area contributed by atoms with Gasteiger partial charge in [0, 0.05) is 11.3 Å². The molecule has 4 nitrogen and oxygen atoms in total. The zero-order valence-corrected chi connectivity index (χ0v) is 13.7. The van der Waals surface area contributed by atoms with Crippen molar-refractivity contribution in [3.63, 3.8) is 0 Å². The number of rotatable bonds is 1. The number of amides is 1. The van der Waals surface area contributed by atoms with Crippen molar-refractivity contribution in [1.29, 1.82) is 0 Å². The van der Waals surface area contributed by atoms with E-state index in [1.54, 1.807) is 22.7 Å². The van der Waals surface area contributed by atoms with Crippen molar-refractivity contribution in [2.75, 3.05) is 18.9 Å². The monoisotopic (exact) mass is 320 g/mol. The molecule has 0 fully saturated rings. The number of nitrogens with one attached hydrogen (secondary N) is 3. The molecular formula is C15H18N3OS2+. The van der Waals surface area contributed by atoms with E-state index in [9.17, 15) is 4.79 Å². The topological polar surface area (TPSA) is 45.6 Å². The molecule has 3 N–H and O–H groups in total. The van der Waals surface area contributed by atoms with Crippen molar-refractivity contribution in [2.24, 2.45) is 0 Å². The average Bonchev–Trinajstić information content (AvgIpc) is 3.01. The summed E-state index contributed by atoms with van der Waals surface area (Å²) in [7, 11) is 2.22. The lowest BCUT2D eigenvalue weighted by Gasteiger charge is -2.26. The van der Waals surface area contributed by atoms with Crippen LogP contribution < -0.4 is 15.5 Å². The van der Waals surface area contributed by atoms with Gasteiger partial charge in [0.25, 0.3) is 5.91 Å². The molecule has 0 saturated heterocycles. The van der Waals surface area contributed by atoms with Crippen LogP contribution in [-0.4, -0.2) is 19.5 Å². The lowest BCUT2D eigenvalue weighted by molar-refractivity contribution is -0.895. The van der Waals surface area contributed by atoms with Gasteiger partial charge in [0.05, 0.1) is 24.0 Å². The van der Waals surface area contributed by atoms with Gasteiger partial charge in [-0.15, -0.1) is 22.7 Å². The van der Waals surface area contributed by atoms with Crippen LogP contribution in [0.3, 0.4) is 0 Å². The number of thiophene rings is 2. The molecule has 0 aliphatic carbocycles. The first-order chi connectivity index (χ1) is 10.1. The Kier molecular flexibility index (Phi) is 3.06. The summed E-state index contributed by atoms with van der Waals surface area (Å²) in [6.45, 7) is 4.23. The van der Waals surface area contributed by atoms with Crippen molar-refractivity contribution in [1.82, 2.24) is 5.32 Å². The molecule has 2 aromatic rings. The Morgan fingerprint density at radius 2 is 2.24 bits per heavy atom. The molecule has 0 saturated carbocycles. The maximum Gasteiger partial charge on any atom is 0.256 e. The van der Waals surface area contributed by atoms with Gasteiger partial charge in [-0.25, -0.2) is 0 Å². The lowest BCUT2D eigenvalue weighted by Crippen LogP contribution is -3.08. The predicted octanol–water partition coefficient (Wildman–Crippen LogP) is 1.54. The molecule has 6 heteroatoms. The minimum Gasteiger partial charge on any atom is -0.352 e. The van der Waals surface area contributed by atoms with Gasteiger partial charge >= 0.3 is 0 Å². The van der Waals surface area contributed by atoms with Crippen LogP contribution in [0.1, 0.15) is 37.4 Å². The lowest BCUT2D eigenvalue weighted by atomic mass is 10.0. The molecule has 4 heterocycles. The molecule has 2 aromatic heterocycles. The number of likely N-dealkylation sites (N-methyl/N-ethyl adjacent to an activating group) is 1. The van der Waals surface area contributed by atoms with E-state index in [-0.39, 0.29) is 12.1 Å². The van der Waals surface area contributed by atoms with Crippen LogP contribution in [0.5, 0.6) is 0 Å². The first-order valence-electron chi connectivity index (χ1n) is 7.20. The Labute approximate surface area is 131 Å². The largest absolute Gasteiger partial charge is 0.352 e. The summed E-state index contributed by atoms with van der Waals surface area (Å²) in [5, 5.41) is 9.78. The van der Waals surface area contributed by atoms with Crippen LogP contribution in [0.2, 0.25) is 0 Å². The van der Waals surface area contributed by atoms with E-state index in [2.05, 4.69) is 36.1 Å².